The summed E-state index contributed by atoms with van der Waals surface area (Å²) < 4.78 is 7.38. The number of likely N-dealkylation sites (tertiary alicyclic amines) is 1. The molecule has 0 radical (unpaired) electrons. The molecule has 1 aliphatic rings. The normalized spacial score (nSPS) is 20.9. The van der Waals surface area contributed by atoms with E-state index in [0.29, 0.717) is 19.0 Å². The van der Waals surface area contributed by atoms with E-state index >= 15 is 0 Å². The first kappa shape index (κ1) is 20.4. The Labute approximate surface area is 167 Å². The first-order valence-corrected chi connectivity index (χ1v) is 9.86. The third-order valence-electron chi connectivity index (χ3n) is 5.30. The number of piperidine rings is 1. The summed E-state index contributed by atoms with van der Waals surface area (Å²) in [5.74, 6) is 0.163. The Bertz CT molecular complexity index is 838. The molecular formula is C22H31N3O3. The van der Waals surface area contributed by atoms with Gasteiger partial charge in [0.15, 0.2) is 0 Å². The Morgan fingerprint density at radius 3 is 2.71 bits per heavy atom. The minimum absolute atomic E-state index is 0.134. The van der Waals surface area contributed by atoms with Crippen molar-refractivity contribution < 1.29 is 14.6 Å². The number of hydrogen-bond donors (Lipinski definition) is 1. The fourth-order valence-corrected chi connectivity index (χ4v) is 3.89. The smallest absolute Gasteiger partial charge is 0.307 e. The molecule has 1 aromatic heterocycles. The highest BCUT2D eigenvalue weighted by Gasteiger charge is 2.30. The SMILES string of the molecule is COc1cccc(-c2nn(C(C)(C)C)cc2CN2CC(C)CC(C(=O)O)C2)c1. The van der Waals surface area contributed by atoms with Crippen molar-refractivity contribution in [1.29, 1.82) is 0 Å². The van der Waals surface area contributed by atoms with Crippen LogP contribution in [0.15, 0.2) is 30.5 Å². The number of hydrogen-bond acceptors (Lipinski definition) is 4. The van der Waals surface area contributed by atoms with Gasteiger partial charge in [-0.2, -0.15) is 5.10 Å². The van der Waals surface area contributed by atoms with Gasteiger partial charge in [-0.25, -0.2) is 0 Å². The van der Waals surface area contributed by atoms with E-state index in [1.165, 1.54) is 0 Å². The maximum atomic E-state index is 11.5. The number of benzene rings is 1. The van der Waals surface area contributed by atoms with Gasteiger partial charge in [-0.1, -0.05) is 19.1 Å². The molecule has 1 N–H and O–H groups in total. The van der Waals surface area contributed by atoms with Crippen molar-refractivity contribution in [2.75, 3.05) is 20.2 Å². The molecule has 6 nitrogen and oxygen atoms in total. The number of carboxylic acid groups (broad SMARTS) is 1. The molecule has 2 unspecified atom stereocenters. The molecule has 28 heavy (non-hydrogen) atoms. The quantitative estimate of drug-likeness (QED) is 0.847. The van der Waals surface area contributed by atoms with Crippen LogP contribution in [0, 0.1) is 11.8 Å². The molecule has 1 fully saturated rings. The summed E-state index contributed by atoms with van der Waals surface area (Å²) in [6.07, 6.45) is 2.85. The minimum Gasteiger partial charge on any atom is -0.497 e. The first-order valence-electron chi connectivity index (χ1n) is 9.86. The molecule has 1 aromatic carbocycles. The largest absolute Gasteiger partial charge is 0.497 e. The van der Waals surface area contributed by atoms with Crippen LogP contribution >= 0.6 is 0 Å². The molecule has 0 amide bonds. The van der Waals surface area contributed by atoms with Crippen LogP contribution in [0.25, 0.3) is 11.3 Å². The summed E-state index contributed by atoms with van der Waals surface area (Å²) in [4.78, 5) is 13.8. The maximum Gasteiger partial charge on any atom is 0.307 e. The van der Waals surface area contributed by atoms with Crippen LogP contribution in [0.4, 0.5) is 0 Å². The molecule has 0 bridgehead atoms. The zero-order chi connectivity index (χ0) is 20.5. The molecule has 1 aliphatic heterocycles. The van der Waals surface area contributed by atoms with Crippen LogP contribution in [0.3, 0.4) is 0 Å². The minimum atomic E-state index is -0.699. The number of nitrogens with zero attached hydrogens (tertiary/aromatic N) is 3. The summed E-state index contributed by atoms with van der Waals surface area (Å²) >= 11 is 0. The topological polar surface area (TPSA) is 67.6 Å². The van der Waals surface area contributed by atoms with Crippen LogP contribution in [0.1, 0.15) is 39.7 Å². The van der Waals surface area contributed by atoms with E-state index < -0.39 is 5.97 Å². The number of rotatable bonds is 5. The fourth-order valence-electron chi connectivity index (χ4n) is 3.89. The molecule has 6 heteroatoms. The Morgan fingerprint density at radius 1 is 1.32 bits per heavy atom. The monoisotopic (exact) mass is 385 g/mol. The van der Waals surface area contributed by atoms with Gasteiger partial charge in [-0.05, 0) is 45.2 Å². The second-order valence-electron chi connectivity index (χ2n) is 8.92. The van der Waals surface area contributed by atoms with Crippen LogP contribution in [-0.2, 0) is 16.9 Å². The van der Waals surface area contributed by atoms with Crippen molar-refractivity contribution in [1.82, 2.24) is 14.7 Å². The molecule has 2 aromatic rings. The average Bonchev–Trinajstić information content (AvgIpc) is 3.05. The van der Waals surface area contributed by atoms with Crippen LogP contribution in [0.5, 0.6) is 5.75 Å². The zero-order valence-electron chi connectivity index (χ0n) is 17.5. The highest BCUT2D eigenvalue weighted by atomic mass is 16.5. The van der Waals surface area contributed by atoms with E-state index in [2.05, 4.69) is 38.8 Å². The summed E-state index contributed by atoms with van der Waals surface area (Å²) in [5.41, 5.74) is 2.92. The summed E-state index contributed by atoms with van der Waals surface area (Å²) in [5, 5.41) is 14.4. The second kappa shape index (κ2) is 7.95. The number of aliphatic carboxylic acids is 1. The average molecular weight is 386 g/mol. The van der Waals surface area contributed by atoms with Gasteiger partial charge < -0.3 is 9.84 Å². The Balaban J connectivity index is 1.95. The Hall–Kier alpha value is -2.34. The van der Waals surface area contributed by atoms with E-state index in [-0.39, 0.29) is 11.5 Å². The number of carbonyl (C=O) groups is 1. The lowest BCUT2D eigenvalue weighted by Crippen LogP contribution is -2.42. The Kier molecular flexibility index (Phi) is 5.79. The van der Waals surface area contributed by atoms with Gasteiger partial charge >= 0.3 is 5.97 Å². The lowest BCUT2D eigenvalue weighted by Gasteiger charge is -2.34. The van der Waals surface area contributed by atoms with Gasteiger partial charge in [0, 0.05) is 37.0 Å². The predicted molar refractivity (Wildman–Crippen MR) is 109 cm³/mol. The molecule has 152 valence electrons. The van der Waals surface area contributed by atoms with Crippen molar-refractivity contribution in [3.63, 3.8) is 0 Å². The predicted octanol–water partition coefficient (Wildman–Crippen LogP) is 3.86. The molecule has 0 aliphatic carbocycles. The molecular weight excluding hydrogens is 354 g/mol. The van der Waals surface area contributed by atoms with Crippen molar-refractivity contribution in [2.45, 2.75) is 46.2 Å². The van der Waals surface area contributed by atoms with Crippen molar-refractivity contribution >= 4 is 5.97 Å². The van der Waals surface area contributed by atoms with Gasteiger partial charge in [-0.15, -0.1) is 0 Å². The van der Waals surface area contributed by atoms with E-state index in [1.54, 1.807) is 7.11 Å². The van der Waals surface area contributed by atoms with Gasteiger partial charge in [0.25, 0.3) is 0 Å². The zero-order valence-corrected chi connectivity index (χ0v) is 17.5. The molecule has 0 saturated carbocycles. The van der Waals surface area contributed by atoms with Gasteiger partial charge in [-0.3, -0.25) is 14.4 Å². The fraction of sp³-hybridized carbons (Fsp3) is 0.545. The highest BCUT2D eigenvalue weighted by Crippen LogP contribution is 2.30. The standard InChI is InChI=1S/C22H31N3O3/c1-15-9-17(21(26)27)12-24(11-15)13-18-14-25(22(2,3)4)23-20(18)16-7-6-8-19(10-16)28-5/h6-8,10,14-15,17H,9,11-13H2,1-5H3,(H,26,27). The lowest BCUT2D eigenvalue weighted by molar-refractivity contribution is -0.144. The summed E-state index contributed by atoms with van der Waals surface area (Å²) in [6.45, 7) is 10.7. The molecule has 2 heterocycles. The number of methoxy groups -OCH3 is 1. The summed E-state index contributed by atoms with van der Waals surface area (Å²) in [7, 11) is 1.66. The van der Waals surface area contributed by atoms with Crippen molar-refractivity contribution in [3.8, 4) is 17.0 Å². The third kappa shape index (κ3) is 4.55. The van der Waals surface area contributed by atoms with Gasteiger partial charge in [0.1, 0.15) is 5.75 Å². The van der Waals surface area contributed by atoms with E-state index in [0.717, 1.165) is 35.5 Å². The summed E-state index contributed by atoms with van der Waals surface area (Å²) in [6, 6.07) is 7.93. The van der Waals surface area contributed by atoms with Crippen molar-refractivity contribution in [2.24, 2.45) is 11.8 Å². The maximum absolute atomic E-state index is 11.5. The van der Waals surface area contributed by atoms with Crippen LogP contribution in [-0.4, -0.2) is 46.0 Å². The molecule has 0 spiro atoms. The van der Waals surface area contributed by atoms with Crippen LogP contribution in [0.2, 0.25) is 0 Å². The van der Waals surface area contributed by atoms with Crippen molar-refractivity contribution in [3.05, 3.63) is 36.0 Å². The van der Waals surface area contributed by atoms with E-state index in [1.807, 2.05) is 28.9 Å². The lowest BCUT2D eigenvalue weighted by atomic mass is 9.90. The molecule has 1 saturated heterocycles. The number of carboxylic acids is 1. The Morgan fingerprint density at radius 2 is 2.07 bits per heavy atom. The van der Waals surface area contributed by atoms with Gasteiger partial charge in [0.2, 0.25) is 0 Å². The van der Waals surface area contributed by atoms with Gasteiger partial charge in [0.05, 0.1) is 24.3 Å². The second-order valence-corrected chi connectivity index (χ2v) is 8.92. The third-order valence-corrected chi connectivity index (χ3v) is 5.30. The molecule has 3 rings (SSSR count). The number of aromatic nitrogens is 2. The number of ether oxygens (including phenoxy) is 1. The van der Waals surface area contributed by atoms with Crippen LogP contribution < -0.4 is 4.74 Å². The van der Waals surface area contributed by atoms with E-state index in [9.17, 15) is 9.90 Å². The molecule has 2 atom stereocenters. The van der Waals surface area contributed by atoms with E-state index in [4.69, 9.17) is 9.84 Å². The highest BCUT2D eigenvalue weighted by molar-refractivity contribution is 5.70. The first-order chi connectivity index (χ1) is 13.2.